The normalized spacial score (nSPS) is 11.2. The number of terminal acetylenes is 1. The third-order valence-corrected chi connectivity index (χ3v) is 2.49. The van der Waals surface area contributed by atoms with Gasteiger partial charge in [-0.05, 0) is 18.6 Å². The number of carbonyl (C=O) groups is 1. The van der Waals surface area contributed by atoms with Crippen LogP contribution in [0, 0.1) is 12.3 Å². The fraction of sp³-hybridized carbons (Fsp3) is 0.214. The number of unbranched alkanes of at least 4 members (excludes halogenated alkanes) is 1. The Morgan fingerprint density at radius 1 is 1.50 bits per heavy atom. The number of hydrogen-bond acceptors (Lipinski definition) is 4. The summed E-state index contributed by atoms with van der Waals surface area (Å²) in [6.07, 6.45) is 6.56. The van der Waals surface area contributed by atoms with Gasteiger partial charge >= 0.3 is 6.01 Å². The topological polar surface area (TPSA) is 93.5 Å². The number of nitrogens with zero attached hydrogens (tertiary/aromatic N) is 2. The molecule has 1 amide bonds. The van der Waals surface area contributed by atoms with E-state index in [0.29, 0.717) is 30.4 Å². The van der Waals surface area contributed by atoms with E-state index >= 15 is 0 Å². The maximum Gasteiger partial charge on any atom is 0.325 e. The molecule has 0 aliphatic heterocycles. The zero-order chi connectivity index (χ0) is 14.4. The summed E-state index contributed by atoms with van der Waals surface area (Å²) < 4.78 is 5.36. The average Bonchev–Trinajstić information content (AvgIpc) is 2.80. The molecule has 3 N–H and O–H groups in total. The number of fused-ring (bicyclic) bond motifs is 1. The van der Waals surface area contributed by atoms with Gasteiger partial charge in [-0.2, -0.15) is 9.98 Å². The zero-order valence-electron chi connectivity index (χ0n) is 10.8. The number of guanidine groups is 1. The van der Waals surface area contributed by atoms with Crippen molar-refractivity contribution in [1.29, 1.82) is 0 Å². The first-order chi connectivity index (χ1) is 9.69. The highest BCUT2D eigenvalue weighted by Gasteiger charge is 2.06. The molecule has 1 aromatic heterocycles. The number of para-hydroxylation sites is 2. The second-order valence-electron chi connectivity index (χ2n) is 4.07. The van der Waals surface area contributed by atoms with Crippen LogP contribution in [0.2, 0.25) is 0 Å². The maximum absolute atomic E-state index is 11.5. The molecule has 0 unspecified atom stereocenters. The molecule has 6 heteroatoms. The number of carbonyl (C=O) groups excluding carboxylic acids is 1. The molecular weight excluding hydrogens is 256 g/mol. The summed E-state index contributed by atoms with van der Waals surface area (Å²) in [4.78, 5) is 19.5. The van der Waals surface area contributed by atoms with E-state index in [4.69, 9.17) is 16.6 Å². The van der Waals surface area contributed by atoms with Crippen molar-refractivity contribution in [2.45, 2.75) is 19.3 Å². The maximum atomic E-state index is 11.5. The number of rotatable bonds is 4. The number of oxazole rings is 1. The molecule has 0 saturated carbocycles. The summed E-state index contributed by atoms with van der Waals surface area (Å²) in [5, 5.41) is 2.45. The Morgan fingerprint density at radius 3 is 3.05 bits per heavy atom. The second kappa shape index (κ2) is 6.38. The van der Waals surface area contributed by atoms with Crippen LogP contribution in [0.1, 0.15) is 19.3 Å². The van der Waals surface area contributed by atoms with Gasteiger partial charge in [-0.1, -0.05) is 12.1 Å². The molecule has 20 heavy (non-hydrogen) atoms. The molecule has 6 nitrogen and oxygen atoms in total. The van der Waals surface area contributed by atoms with Crippen LogP contribution in [0.25, 0.3) is 11.1 Å². The standard InChI is InChI=1S/C14H14N4O2/c1-2-3-4-9-12(19)17-13(15)18-14-16-10-7-5-6-8-11(10)20-14/h1,5-8H,3-4,9H2,(H3,15,16,17,18,19). The van der Waals surface area contributed by atoms with Crippen LogP contribution in [-0.2, 0) is 4.79 Å². The molecule has 0 saturated heterocycles. The molecule has 0 bridgehead atoms. The van der Waals surface area contributed by atoms with Gasteiger partial charge in [0.25, 0.3) is 0 Å². The van der Waals surface area contributed by atoms with Crippen LogP contribution in [-0.4, -0.2) is 16.9 Å². The third kappa shape index (κ3) is 3.59. The Morgan fingerprint density at radius 2 is 2.30 bits per heavy atom. The molecule has 0 atom stereocenters. The molecule has 0 spiro atoms. The van der Waals surface area contributed by atoms with Gasteiger partial charge in [0.2, 0.25) is 11.9 Å². The lowest BCUT2D eigenvalue weighted by atomic mass is 10.2. The van der Waals surface area contributed by atoms with Crippen LogP contribution in [0.15, 0.2) is 33.7 Å². The van der Waals surface area contributed by atoms with Crippen LogP contribution in [0.4, 0.5) is 6.01 Å². The highest BCUT2D eigenvalue weighted by molar-refractivity contribution is 5.96. The number of aromatic nitrogens is 1. The summed E-state index contributed by atoms with van der Waals surface area (Å²) >= 11 is 0. The van der Waals surface area contributed by atoms with Crippen molar-refractivity contribution < 1.29 is 9.21 Å². The number of benzene rings is 1. The minimum Gasteiger partial charge on any atom is -0.422 e. The highest BCUT2D eigenvalue weighted by Crippen LogP contribution is 2.19. The van der Waals surface area contributed by atoms with Crippen molar-refractivity contribution in [1.82, 2.24) is 10.3 Å². The fourth-order valence-electron chi connectivity index (χ4n) is 1.60. The Bertz CT molecular complexity index is 649. The van der Waals surface area contributed by atoms with E-state index in [1.54, 1.807) is 12.1 Å². The van der Waals surface area contributed by atoms with Gasteiger partial charge in [-0.3, -0.25) is 10.1 Å². The highest BCUT2D eigenvalue weighted by atomic mass is 16.4. The van der Waals surface area contributed by atoms with Crippen molar-refractivity contribution in [2.24, 2.45) is 10.7 Å². The number of amides is 1. The van der Waals surface area contributed by atoms with E-state index < -0.39 is 0 Å². The van der Waals surface area contributed by atoms with Gasteiger partial charge in [0.05, 0.1) is 0 Å². The molecular formula is C14H14N4O2. The summed E-state index contributed by atoms with van der Waals surface area (Å²) in [6, 6.07) is 7.35. The number of nitrogens with two attached hydrogens (primary N) is 1. The molecule has 0 fully saturated rings. The summed E-state index contributed by atoms with van der Waals surface area (Å²) in [5.74, 6) is 2.17. The van der Waals surface area contributed by atoms with Crippen LogP contribution < -0.4 is 11.1 Å². The van der Waals surface area contributed by atoms with Gasteiger partial charge < -0.3 is 10.2 Å². The number of nitrogens with one attached hydrogen (secondary N) is 1. The smallest absolute Gasteiger partial charge is 0.325 e. The first-order valence-electron chi connectivity index (χ1n) is 6.12. The Hall–Kier alpha value is -2.81. The molecule has 2 aromatic rings. The van der Waals surface area contributed by atoms with E-state index in [9.17, 15) is 4.79 Å². The Balaban J connectivity index is 1.99. The van der Waals surface area contributed by atoms with Crippen molar-refractivity contribution in [3.8, 4) is 12.3 Å². The minimum absolute atomic E-state index is 0.0535. The summed E-state index contributed by atoms with van der Waals surface area (Å²) in [7, 11) is 0. The largest absolute Gasteiger partial charge is 0.422 e. The van der Waals surface area contributed by atoms with Crippen molar-refractivity contribution in [3.05, 3.63) is 24.3 Å². The lowest BCUT2D eigenvalue weighted by molar-refractivity contribution is -0.119. The first kappa shape index (κ1) is 13.6. The van der Waals surface area contributed by atoms with E-state index in [0.717, 1.165) is 0 Å². The SMILES string of the molecule is C#CCCCC(=O)NC(N)=Nc1nc2ccccc2o1. The van der Waals surface area contributed by atoms with Gasteiger partial charge in [0, 0.05) is 12.8 Å². The lowest BCUT2D eigenvalue weighted by Crippen LogP contribution is -2.36. The molecule has 102 valence electrons. The van der Waals surface area contributed by atoms with Crippen molar-refractivity contribution in [2.75, 3.05) is 0 Å². The van der Waals surface area contributed by atoms with Gasteiger partial charge in [-0.25, -0.2) is 0 Å². The van der Waals surface area contributed by atoms with Gasteiger partial charge in [0.1, 0.15) is 5.52 Å². The Kier molecular flexibility index (Phi) is 4.35. The zero-order valence-corrected chi connectivity index (χ0v) is 10.8. The van der Waals surface area contributed by atoms with E-state index in [-0.39, 0.29) is 17.9 Å². The quantitative estimate of drug-likeness (QED) is 0.382. The second-order valence-corrected chi connectivity index (χ2v) is 4.07. The van der Waals surface area contributed by atoms with Crippen LogP contribution in [0.5, 0.6) is 0 Å². The Labute approximate surface area is 116 Å². The molecule has 1 heterocycles. The molecule has 1 aromatic carbocycles. The molecule has 2 rings (SSSR count). The minimum atomic E-state index is -0.238. The van der Waals surface area contributed by atoms with Crippen molar-refractivity contribution >= 4 is 29.0 Å². The number of hydrogen-bond donors (Lipinski definition) is 2. The van der Waals surface area contributed by atoms with E-state index in [2.05, 4.69) is 21.2 Å². The molecule has 0 aliphatic carbocycles. The molecule has 0 radical (unpaired) electrons. The lowest BCUT2D eigenvalue weighted by Gasteiger charge is -2.01. The first-order valence-corrected chi connectivity index (χ1v) is 6.12. The average molecular weight is 270 g/mol. The third-order valence-electron chi connectivity index (χ3n) is 2.49. The van der Waals surface area contributed by atoms with E-state index in [1.165, 1.54) is 0 Å². The van der Waals surface area contributed by atoms with Crippen LogP contribution >= 0.6 is 0 Å². The summed E-state index contributed by atoms with van der Waals surface area (Å²) in [6.45, 7) is 0. The van der Waals surface area contributed by atoms with E-state index in [1.807, 2.05) is 12.1 Å². The summed E-state index contributed by atoms with van der Waals surface area (Å²) in [5.41, 5.74) is 6.90. The molecule has 0 aliphatic rings. The van der Waals surface area contributed by atoms with Crippen LogP contribution in [0.3, 0.4) is 0 Å². The fourth-order valence-corrected chi connectivity index (χ4v) is 1.60. The predicted molar refractivity (Wildman–Crippen MR) is 76.1 cm³/mol. The van der Waals surface area contributed by atoms with Gasteiger partial charge in [0.15, 0.2) is 5.58 Å². The van der Waals surface area contributed by atoms with Crippen molar-refractivity contribution in [3.63, 3.8) is 0 Å². The van der Waals surface area contributed by atoms with Gasteiger partial charge in [-0.15, -0.1) is 12.3 Å². The monoisotopic (exact) mass is 270 g/mol. The predicted octanol–water partition coefficient (Wildman–Crippen LogP) is 1.69. The number of aliphatic imine (C=N–C) groups is 1.